The Morgan fingerprint density at radius 3 is 2.05 bits per heavy atom. The minimum Gasteiger partial charge on any atom is -0.496 e. The second kappa shape index (κ2) is 18.1. The topological polar surface area (TPSA) is 195 Å². The van der Waals surface area contributed by atoms with E-state index in [4.69, 9.17) is 37.9 Å². The van der Waals surface area contributed by atoms with Crippen LogP contribution in [-0.4, -0.2) is 42.5 Å². The second-order valence-corrected chi connectivity index (χ2v) is 10.2. The van der Waals surface area contributed by atoms with Crippen molar-refractivity contribution < 1.29 is 19.7 Å². The molecule has 4 aromatic carbocycles. The first kappa shape index (κ1) is 34.6. The minimum absolute atomic E-state index is 0.0568. The zero-order valence-corrected chi connectivity index (χ0v) is 25.4. The lowest BCUT2D eigenvalue weighted by Crippen LogP contribution is -2.24. The van der Waals surface area contributed by atoms with Crippen molar-refractivity contribution in [2.24, 2.45) is 0 Å². The quantitative estimate of drug-likeness (QED) is 0.101. The highest BCUT2D eigenvalue weighted by molar-refractivity contribution is 7.80. The maximum atomic E-state index is 11.9. The molecule has 43 heavy (non-hydrogen) atoms. The van der Waals surface area contributed by atoms with Gasteiger partial charge in [0, 0.05) is 58.1 Å². The number of hydrogen-bond acceptors (Lipinski definition) is 10. The summed E-state index contributed by atoms with van der Waals surface area (Å²) in [7, 11) is 1.58. The van der Waals surface area contributed by atoms with Gasteiger partial charge in [0.1, 0.15) is 5.75 Å². The number of anilines is 5. The number of benzene rings is 4. The smallest absolute Gasteiger partial charge is 0.224 e. The number of carbonyl (C=O) groups is 1. The summed E-state index contributed by atoms with van der Waals surface area (Å²) < 4.78 is 5.24. The number of aryl methyl sites for hydroxylation is 1. The molecule has 0 spiro atoms. The van der Waals surface area contributed by atoms with Gasteiger partial charge in [-0.3, -0.25) is 4.79 Å². The number of nitrogens with two attached hydrogens (primary N) is 4. The minimum atomic E-state index is -0.729. The SMILES string of the molecule is COc1cc(N)ccc1CNC(=O)Cc1ccc(N)cc1.Cc1cc(NCC(O)CO)ccc1N.Nc1ccc(S)cc1. The number of hydrogen-bond donors (Lipinski definition) is 9. The Morgan fingerprint density at radius 1 is 0.884 bits per heavy atom. The summed E-state index contributed by atoms with van der Waals surface area (Å²) in [5.41, 5.74) is 28.9. The Balaban J connectivity index is 0.000000251. The Labute approximate surface area is 258 Å². The van der Waals surface area contributed by atoms with Crippen molar-refractivity contribution in [3.63, 3.8) is 0 Å². The fraction of sp³-hybridized carbons (Fsp3) is 0.219. The van der Waals surface area contributed by atoms with Gasteiger partial charge in [-0.2, -0.15) is 0 Å². The fourth-order valence-corrected chi connectivity index (χ4v) is 3.69. The summed E-state index contributed by atoms with van der Waals surface area (Å²) in [5, 5.41) is 23.6. The first-order chi connectivity index (χ1) is 20.5. The van der Waals surface area contributed by atoms with Crippen LogP contribution in [-0.2, 0) is 17.8 Å². The predicted molar refractivity (Wildman–Crippen MR) is 179 cm³/mol. The van der Waals surface area contributed by atoms with Crippen molar-refractivity contribution in [2.45, 2.75) is 30.9 Å². The molecule has 0 saturated carbocycles. The standard InChI is InChI=1S/C16H19N3O2.C10H16N2O2.C6H7NS/c1-21-15-9-14(18)7-4-12(15)10-19-16(20)8-11-2-5-13(17)6-3-11;1-7-4-8(2-3-10(7)11)12-5-9(14)6-13;7-5-1-3-6(8)4-2-5/h2-7,9H,8,10,17-18H2,1H3,(H,19,20);2-4,9,12-14H,5-6,11H2,1H3;1-4,8H,7H2. The third-order valence-electron chi connectivity index (χ3n) is 6.05. The molecule has 230 valence electrons. The normalized spacial score (nSPS) is 10.7. The van der Waals surface area contributed by atoms with E-state index >= 15 is 0 Å². The predicted octanol–water partition coefficient (Wildman–Crippen LogP) is 3.62. The molecule has 0 radical (unpaired) electrons. The third kappa shape index (κ3) is 13.3. The molecule has 0 aliphatic heterocycles. The highest BCUT2D eigenvalue weighted by Crippen LogP contribution is 2.21. The van der Waals surface area contributed by atoms with E-state index in [2.05, 4.69) is 23.3 Å². The van der Waals surface area contributed by atoms with E-state index in [1.54, 1.807) is 31.4 Å². The van der Waals surface area contributed by atoms with Gasteiger partial charge < -0.3 is 48.5 Å². The van der Waals surface area contributed by atoms with Crippen LogP contribution in [0.5, 0.6) is 5.75 Å². The van der Waals surface area contributed by atoms with Crippen molar-refractivity contribution in [3.05, 3.63) is 102 Å². The van der Waals surface area contributed by atoms with Gasteiger partial charge in [0.15, 0.2) is 0 Å². The van der Waals surface area contributed by atoms with Crippen LogP contribution in [0.3, 0.4) is 0 Å². The molecule has 1 unspecified atom stereocenters. The molecule has 12 N–H and O–H groups in total. The molecule has 10 nitrogen and oxygen atoms in total. The van der Waals surface area contributed by atoms with Gasteiger partial charge in [0.25, 0.3) is 0 Å². The van der Waals surface area contributed by atoms with Gasteiger partial charge in [-0.05, 0) is 78.7 Å². The maximum absolute atomic E-state index is 11.9. The molecule has 4 aromatic rings. The summed E-state index contributed by atoms with van der Waals surface area (Å²) in [5.74, 6) is 0.612. The van der Waals surface area contributed by atoms with E-state index in [1.165, 1.54) is 0 Å². The lowest BCUT2D eigenvalue weighted by molar-refractivity contribution is -0.120. The second-order valence-electron chi connectivity index (χ2n) is 9.65. The van der Waals surface area contributed by atoms with E-state index < -0.39 is 6.10 Å². The van der Waals surface area contributed by atoms with Crippen LogP contribution in [0.4, 0.5) is 28.4 Å². The zero-order chi connectivity index (χ0) is 31.8. The maximum Gasteiger partial charge on any atom is 0.224 e. The van der Waals surface area contributed by atoms with Gasteiger partial charge in [-0.1, -0.05) is 18.2 Å². The highest BCUT2D eigenvalue weighted by Gasteiger charge is 2.07. The Hall–Kier alpha value is -4.58. The average Bonchev–Trinajstić information content (AvgIpc) is 3.00. The van der Waals surface area contributed by atoms with Gasteiger partial charge in [-0.15, -0.1) is 12.6 Å². The number of aliphatic hydroxyl groups excluding tert-OH is 2. The molecule has 11 heteroatoms. The van der Waals surface area contributed by atoms with Crippen molar-refractivity contribution in [1.29, 1.82) is 0 Å². The van der Waals surface area contributed by atoms with Gasteiger partial charge in [-0.25, -0.2) is 0 Å². The van der Waals surface area contributed by atoms with Gasteiger partial charge in [0.05, 0.1) is 26.2 Å². The van der Waals surface area contributed by atoms with E-state index in [0.29, 0.717) is 36.6 Å². The molecule has 0 aliphatic rings. The average molecular weight is 607 g/mol. The molecule has 1 amide bonds. The molecule has 0 bridgehead atoms. The zero-order valence-electron chi connectivity index (χ0n) is 24.5. The summed E-state index contributed by atoms with van der Waals surface area (Å²) in [6, 6.07) is 25.5. The van der Waals surface area contributed by atoms with E-state index in [0.717, 1.165) is 38.6 Å². The number of methoxy groups -OCH3 is 1. The summed E-state index contributed by atoms with van der Waals surface area (Å²) in [6.45, 7) is 2.42. The molecule has 1 atom stereocenters. The van der Waals surface area contributed by atoms with Crippen LogP contribution in [0.15, 0.2) is 89.8 Å². The van der Waals surface area contributed by atoms with E-state index in [9.17, 15) is 4.79 Å². The first-order valence-corrected chi connectivity index (χ1v) is 13.9. The summed E-state index contributed by atoms with van der Waals surface area (Å²) in [4.78, 5) is 12.9. The number of amides is 1. The Bertz CT molecular complexity index is 1400. The van der Waals surface area contributed by atoms with Crippen LogP contribution >= 0.6 is 12.6 Å². The molecular formula is C32H42N6O4S. The molecule has 0 heterocycles. The lowest BCUT2D eigenvalue weighted by atomic mass is 10.1. The summed E-state index contributed by atoms with van der Waals surface area (Å²) in [6.07, 6.45) is -0.412. The molecule has 4 rings (SSSR count). The third-order valence-corrected chi connectivity index (χ3v) is 6.35. The van der Waals surface area contributed by atoms with Crippen LogP contribution in [0.2, 0.25) is 0 Å². The number of nitrogen functional groups attached to an aromatic ring is 4. The van der Waals surface area contributed by atoms with Crippen molar-refractivity contribution in [1.82, 2.24) is 5.32 Å². The van der Waals surface area contributed by atoms with Crippen molar-refractivity contribution in [2.75, 3.05) is 48.5 Å². The number of rotatable bonds is 9. The van der Waals surface area contributed by atoms with Crippen LogP contribution in [0, 0.1) is 6.92 Å². The van der Waals surface area contributed by atoms with Crippen molar-refractivity contribution >= 4 is 47.0 Å². The van der Waals surface area contributed by atoms with Gasteiger partial charge in [0.2, 0.25) is 5.91 Å². The highest BCUT2D eigenvalue weighted by atomic mass is 32.1. The molecular weight excluding hydrogens is 564 g/mol. The monoisotopic (exact) mass is 606 g/mol. The molecule has 0 aliphatic carbocycles. The van der Waals surface area contributed by atoms with Crippen LogP contribution in [0.25, 0.3) is 0 Å². The number of aliphatic hydroxyl groups is 2. The number of thiol groups is 1. The number of ether oxygens (including phenoxy) is 1. The Kier molecular flexibility index (Phi) is 14.5. The Morgan fingerprint density at radius 2 is 1.49 bits per heavy atom. The number of nitrogens with one attached hydrogen (secondary N) is 2. The fourth-order valence-electron chi connectivity index (χ4n) is 3.54. The molecule has 0 saturated heterocycles. The van der Waals surface area contributed by atoms with Gasteiger partial charge >= 0.3 is 0 Å². The van der Waals surface area contributed by atoms with Crippen LogP contribution < -0.4 is 38.3 Å². The number of carbonyl (C=O) groups excluding carboxylic acids is 1. The largest absolute Gasteiger partial charge is 0.496 e. The van der Waals surface area contributed by atoms with Crippen LogP contribution in [0.1, 0.15) is 16.7 Å². The first-order valence-electron chi connectivity index (χ1n) is 13.5. The van der Waals surface area contributed by atoms with E-state index in [-0.39, 0.29) is 12.5 Å². The summed E-state index contributed by atoms with van der Waals surface area (Å²) >= 11 is 4.08. The molecule has 0 aromatic heterocycles. The lowest BCUT2D eigenvalue weighted by Gasteiger charge is -2.11. The van der Waals surface area contributed by atoms with E-state index in [1.807, 2.05) is 67.6 Å². The van der Waals surface area contributed by atoms with Crippen molar-refractivity contribution in [3.8, 4) is 5.75 Å². The molecule has 0 fully saturated rings.